The van der Waals surface area contributed by atoms with Gasteiger partial charge < -0.3 is 18.9 Å². The fourth-order valence-corrected chi connectivity index (χ4v) is 6.74. The minimum Gasteiger partial charge on any atom is -0.497 e. The van der Waals surface area contributed by atoms with Crippen LogP contribution < -0.4 is 18.9 Å². The van der Waals surface area contributed by atoms with E-state index in [0.29, 0.717) is 13.1 Å². The SMILES string of the molecule is COc1cc(CN2[C@@H]3CCCC[C@H]3N(Cc3cc(OC)cc(OC)c3)[P+]2=O)cc(OC)c1. The van der Waals surface area contributed by atoms with Crippen LogP contribution in [0.3, 0.4) is 0 Å². The first-order chi connectivity index (χ1) is 15.6. The molecular weight excluding hydrogens is 427 g/mol. The van der Waals surface area contributed by atoms with Crippen molar-refractivity contribution in [2.45, 2.75) is 50.9 Å². The molecule has 0 unspecified atom stereocenters. The maximum Gasteiger partial charge on any atom is 0.538 e. The fraction of sp³-hybridized carbons (Fsp3) is 0.500. The maximum absolute atomic E-state index is 13.8. The van der Waals surface area contributed by atoms with Crippen molar-refractivity contribution in [1.29, 1.82) is 0 Å². The molecule has 0 amide bonds. The standard InChI is InChI=1S/C24H32N2O5P/c1-28-19-9-17(10-20(13-19)29-2)15-25-23-7-5-6-8-24(23)26(32(25)27)16-18-11-21(30-3)14-22(12-18)31-4/h9-14,23-24H,5-8,15-16H2,1-4H3/q+1/t23-,24-/m1/s1. The molecular formula is C24H32N2O5P+. The molecule has 4 rings (SSSR count). The predicted octanol–water partition coefficient (Wildman–Crippen LogP) is 5.01. The second-order valence-corrected chi connectivity index (χ2v) is 9.84. The minimum absolute atomic E-state index is 0.275. The lowest BCUT2D eigenvalue weighted by molar-refractivity contribution is 0.197. The van der Waals surface area contributed by atoms with Gasteiger partial charge in [0.2, 0.25) is 0 Å². The highest BCUT2D eigenvalue weighted by Crippen LogP contribution is 2.51. The first kappa shape index (κ1) is 22.8. The topological polar surface area (TPSA) is 60.5 Å². The van der Waals surface area contributed by atoms with Gasteiger partial charge in [0.25, 0.3) is 0 Å². The van der Waals surface area contributed by atoms with E-state index in [4.69, 9.17) is 18.9 Å². The second kappa shape index (κ2) is 10.1. The van der Waals surface area contributed by atoms with E-state index in [0.717, 1.165) is 47.0 Å². The number of benzene rings is 2. The molecule has 0 radical (unpaired) electrons. The summed E-state index contributed by atoms with van der Waals surface area (Å²) in [6.45, 7) is 1.20. The van der Waals surface area contributed by atoms with Crippen molar-refractivity contribution < 1.29 is 23.5 Å². The first-order valence-electron chi connectivity index (χ1n) is 11.0. The molecule has 1 saturated heterocycles. The minimum atomic E-state index is -1.69. The summed E-state index contributed by atoms with van der Waals surface area (Å²) in [4.78, 5) is 0. The van der Waals surface area contributed by atoms with Gasteiger partial charge in [-0.05, 0) is 52.8 Å². The molecule has 1 aliphatic heterocycles. The Hall–Kier alpha value is -2.34. The van der Waals surface area contributed by atoms with Gasteiger partial charge in [-0.25, -0.2) is 0 Å². The van der Waals surface area contributed by atoms with Gasteiger partial charge in [-0.15, -0.1) is 0 Å². The van der Waals surface area contributed by atoms with Crippen LogP contribution in [0.1, 0.15) is 36.8 Å². The number of nitrogens with zero attached hydrogens (tertiary/aromatic N) is 2. The third kappa shape index (κ3) is 4.70. The average molecular weight is 460 g/mol. The van der Waals surface area contributed by atoms with Crippen LogP contribution in [0.2, 0.25) is 0 Å². The summed E-state index contributed by atoms with van der Waals surface area (Å²) in [7, 11) is 4.90. The molecule has 2 aromatic rings. The Morgan fingerprint density at radius 2 is 1.03 bits per heavy atom. The van der Waals surface area contributed by atoms with E-state index in [1.54, 1.807) is 28.4 Å². The third-order valence-corrected chi connectivity index (χ3v) is 8.17. The Bertz CT molecular complexity index is 849. The number of rotatable bonds is 8. The van der Waals surface area contributed by atoms with Crippen LogP contribution in [0.5, 0.6) is 23.0 Å². The van der Waals surface area contributed by atoms with Crippen molar-refractivity contribution in [1.82, 2.24) is 9.34 Å². The molecule has 2 aliphatic rings. The van der Waals surface area contributed by atoms with E-state index in [-0.39, 0.29) is 12.1 Å². The normalized spacial score (nSPS) is 21.3. The molecule has 0 aromatic heterocycles. The zero-order chi connectivity index (χ0) is 22.7. The van der Waals surface area contributed by atoms with E-state index in [2.05, 4.69) is 9.34 Å². The summed E-state index contributed by atoms with van der Waals surface area (Å²) >= 11 is 0. The quantitative estimate of drug-likeness (QED) is 0.515. The second-order valence-electron chi connectivity index (χ2n) is 8.31. The van der Waals surface area contributed by atoms with E-state index < -0.39 is 8.10 Å². The molecule has 32 heavy (non-hydrogen) atoms. The van der Waals surface area contributed by atoms with Gasteiger partial charge in [0.15, 0.2) is 0 Å². The third-order valence-electron chi connectivity index (χ3n) is 6.41. The Balaban J connectivity index is 1.60. The summed E-state index contributed by atoms with van der Waals surface area (Å²) in [6.07, 6.45) is 4.46. The number of ether oxygens (including phenoxy) is 4. The van der Waals surface area contributed by atoms with Gasteiger partial charge in [-0.1, -0.05) is 22.2 Å². The maximum atomic E-state index is 13.8. The van der Waals surface area contributed by atoms with Gasteiger partial charge in [0, 0.05) is 12.1 Å². The summed E-state index contributed by atoms with van der Waals surface area (Å²) in [5.41, 5.74) is 2.08. The smallest absolute Gasteiger partial charge is 0.497 e. The van der Waals surface area contributed by atoms with E-state index in [1.807, 2.05) is 36.4 Å². The summed E-state index contributed by atoms with van der Waals surface area (Å²) in [5.74, 6) is 2.98. The number of methoxy groups -OCH3 is 4. The Kier molecular flexibility index (Phi) is 7.19. The molecule has 2 atom stereocenters. The van der Waals surface area contributed by atoms with Crippen LogP contribution in [0.4, 0.5) is 0 Å². The van der Waals surface area contributed by atoms with Crippen molar-refractivity contribution in [2.75, 3.05) is 28.4 Å². The average Bonchev–Trinajstić information content (AvgIpc) is 3.09. The van der Waals surface area contributed by atoms with Crippen molar-refractivity contribution in [3.05, 3.63) is 47.5 Å². The Morgan fingerprint density at radius 3 is 1.34 bits per heavy atom. The molecule has 0 spiro atoms. The lowest BCUT2D eigenvalue weighted by Crippen LogP contribution is -2.39. The van der Waals surface area contributed by atoms with Crippen LogP contribution in [-0.2, 0) is 17.7 Å². The van der Waals surface area contributed by atoms with Crippen LogP contribution >= 0.6 is 8.10 Å². The summed E-state index contributed by atoms with van der Waals surface area (Å²) in [5, 5.41) is 0. The molecule has 1 aliphatic carbocycles. The van der Waals surface area contributed by atoms with Gasteiger partial charge in [0.05, 0.1) is 53.6 Å². The zero-order valence-electron chi connectivity index (χ0n) is 19.2. The highest BCUT2D eigenvalue weighted by atomic mass is 31.1. The molecule has 2 fully saturated rings. The van der Waals surface area contributed by atoms with Crippen molar-refractivity contribution >= 4 is 8.10 Å². The Morgan fingerprint density at radius 1 is 0.688 bits per heavy atom. The molecule has 2 aromatic carbocycles. The van der Waals surface area contributed by atoms with E-state index in [9.17, 15) is 4.57 Å². The van der Waals surface area contributed by atoms with Gasteiger partial charge in [-0.3, -0.25) is 0 Å². The van der Waals surface area contributed by atoms with Crippen LogP contribution in [0, 0.1) is 0 Å². The number of fused-ring (bicyclic) bond motifs is 1. The highest BCUT2D eigenvalue weighted by molar-refractivity contribution is 7.39. The van der Waals surface area contributed by atoms with E-state index in [1.165, 1.54) is 12.8 Å². The van der Waals surface area contributed by atoms with Crippen molar-refractivity contribution in [2.24, 2.45) is 0 Å². The fourth-order valence-electron chi connectivity index (χ4n) is 4.83. The highest BCUT2D eigenvalue weighted by Gasteiger charge is 2.57. The lowest BCUT2D eigenvalue weighted by atomic mass is 9.90. The van der Waals surface area contributed by atoms with Gasteiger partial charge >= 0.3 is 8.10 Å². The van der Waals surface area contributed by atoms with E-state index >= 15 is 0 Å². The van der Waals surface area contributed by atoms with Crippen molar-refractivity contribution in [3.8, 4) is 23.0 Å². The lowest BCUT2D eigenvalue weighted by Gasteiger charge is -2.26. The molecule has 172 valence electrons. The van der Waals surface area contributed by atoms with Crippen LogP contribution in [0.25, 0.3) is 0 Å². The number of hydrogen-bond donors (Lipinski definition) is 0. The molecule has 1 heterocycles. The predicted molar refractivity (Wildman–Crippen MR) is 124 cm³/mol. The molecule has 7 nitrogen and oxygen atoms in total. The number of hydrogen-bond acceptors (Lipinski definition) is 5. The van der Waals surface area contributed by atoms with Crippen molar-refractivity contribution in [3.63, 3.8) is 0 Å². The van der Waals surface area contributed by atoms with Crippen LogP contribution in [0.15, 0.2) is 36.4 Å². The molecule has 0 bridgehead atoms. The summed E-state index contributed by atoms with van der Waals surface area (Å²) < 4.78 is 39.9. The molecule has 0 N–H and O–H groups in total. The zero-order valence-corrected chi connectivity index (χ0v) is 20.1. The largest absolute Gasteiger partial charge is 0.538 e. The Labute approximate surface area is 191 Å². The summed E-state index contributed by atoms with van der Waals surface area (Å²) in [6, 6.07) is 12.3. The van der Waals surface area contributed by atoms with Gasteiger partial charge in [0.1, 0.15) is 23.0 Å². The van der Waals surface area contributed by atoms with Gasteiger partial charge in [-0.2, -0.15) is 0 Å². The molecule has 8 heteroatoms. The molecule has 1 saturated carbocycles. The first-order valence-corrected chi connectivity index (χ1v) is 12.2. The van der Waals surface area contributed by atoms with Crippen LogP contribution in [-0.4, -0.2) is 49.9 Å². The monoisotopic (exact) mass is 459 g/mol.